The fourth-order valence-corrected chi connectivity index (χ4v) is 2.55. The van der Waals surface area contributed by atoms with Crippen molar-refractivity contribution in [3.63, 3.8) is 0 Å². The molecule has 1 aromatic heterocycles. The van der Waals surface area contributed by atoms with Gasteiger partial charge >= 0.3 is 0 Å². The predicted octanol–water partition coefficient (Wildman–Crippen LogP) is 3.27. The highest BCUT2D eigenvalue weighted by molar-refractivity contribution is 5.04. The summed E-state index contributed by atoms with van der Waals surface area (Å²) < 4.78 is 11.2. The maximum atomic E-state index is 5.92. The molecule has 0 aromatic carbocycles. The Labute approximate surface area is 115 Å². The Morgan fingerprint density at radius 3 is 3.05 bits per heavy atom. The van der Waals surface area contributed by atoms with Crippen LogP contribution in [0.5, 0.6) is 0 Å². The third-order valence-electron chi connectivity index (χ3n) is 3.65. The molecule has 0 spiro atoms. The summed E-state index contributed by atoms with van der Waals surface area (Å²) in [6, 6.07) is 2.45. The van der Waals surface area contributed by atoms with Crippen molar-refractivity contribution >= 4 is 0 Å². The van der Waals surface area contributed by atoms with Crippen molar-refractivity contribution in [1.29, 1.82) is 0 Å². The standard InChI is InChI=1S/C15H26N2O2/c1-11(2)16-9-13-8-15(19-17-13)10-18-14-6-4-5-12(3)7-14/h8,11-12,14,16H,4-7,9-10H2,1-3H3. The van der Waals surface area contributed by atoms with Crippen LogP contribution < -0.4 is 5.32 Å². The van der Waals surface area contributed by atoms with E-state index < -0.39 is 0 Å². The Hall–Kier alpha value is -0.870. The number of hydrogen-bond donors (Lipinski definition) is 1. The second-order valence-electron chi connectivity index (χ2n) is 6.02. The third-order valence-corrected chi connectivity index (χ3v) is 3.65. The van der Waals surface area contributed by atoms with Crippen LogP contribution in [-0.4, -0.2) is 17.3 Å². The number of nitrogens with zero attached hydrogens (tertiary/aromatic N) is 1. The summed E-state index contributed by atoms with van der Waals surface area (Å²) in [7, 11) is 0. The molecule has 2 atom stereocenters. The van der Waals surface area contributed by atoms with E-state index in [0.717, 1.165) is 23.9 Å². The van der Waals surface area contributed by atoms with Crippen LogP contribution in [0.2, 0.25) is 0 Å². The van der Waals surface area contributed by atoms with Gasteiger partial charge in [0.1, 0.15) is 6.61 Å². The first-order chi connectivity index (χ1) is 9.13. The predicted molar refractivity (Wildman–Crippen MR) is 74.7 cm³/mol. The van der Waals surface area contributed by atoms with Crippen molar-refractivity contribution < 1.29 is 9.26 Å². The summed E-state index contributed by atoms with van der Waals surface area (Å²) in [5.74, 6) is 1.62. The molecule has 2 unspecified atom stereocenters. The van der Waals surface area contributed by atoms with Crippen molar-refractivity contribution in [2.24, 2.45) is 5.92 Å². The SMILES string of the molecule is CC1CCCC(OCc2cc(CNC(C)C)no2)C1. The molecule has 19 heavy (non-hydrogen) atoms. The highest BCUT2D eigenvalue weighted by Gasteiger charge is 2.19. The zero-order chi connectivity index (χ0) is 13.7. The van der Waals surface area contributed by atoms with Crippen LogP contribution >= 0.6 is 0 Å². The van der Waals surface area contributed by atoms with Crippen LogP contribution in [0.15, 0.2) is 10.6 Å². The van der Waals surface area contributed by atoms with Crippen LogP contribution in [0.3, 0.4) is 0 Å². The zero-order valence-corrected chi connectivity index (χ0v) is 12.3. The van der Waals surface area contributed by atoms with Crippen molar-refractivity contribution in [2.75, 3.05) is 0 Å². The fourth-order valence-electron chi connectivity index (χ4n) is 2.55. The summed E-state index contributed by atoms with van der Waals surface area (Å²) in [5.41, 5.74) is 0.948. The van der Waals surface area contributed by atoms with Gasteiger partial charge in [-0.1, -0.05) is 38.8 Å². The van der Waals surface area contributed by atoms with Crippen molar-refractivity contribution in [3.05, 3.63) is 17.5 Å². The molecule has 0 bridgehead atoms. The lowest BCUT2D eigenvalue weighted by atomic mass is 9.89. The number of aromatic nitrogens is 1. The molecule has 1 N–H and O–H groups in total. The van der Waals surface area contributed by atoms with Crippen LogP contribution in [0.1, 0.15) is 57.9 Å². The summed E-state index contributed by atoms with van der Waals surface area (Å²) in [6.45, 7) is 7.84. The Morgan fingerprint density at radius 2 is 2.32 bits per heavy atom. The summed E-state index contributed by atoms with van der Waals surface area (Å²) in [4.78, 5) is 0. The number of hydrogen-bond acceptors (Lipinski definition) is 4. The summed E-state index contributed by atoms with van der Waals surface area (Å²) >= 11 is 0. The molecule has 2 rings (SSSR count). The molecule has 1 aliphatic carbocycles. The quantitative estimate of drug-likeness (QED) is 0.858. The molecule has 1 aliphatic rings. The molecule has 108 valence electrons. The first-order valence-corrected chi connectivity index (χ1v) is 7.43. The van der Waals surface area contributed by atoms with Gasteiger partial charge in [-0.05, 0) is 18.8 Å². The van der Waals surface area contributed by atoms with Crippen LogP contribution in [-0.2, 0) is 17.9 Å². The second kappa shape index (κ2) is 7.06. The van der Waals surface area contributed by atoms with E-state index in [1.807, 2.05) is 6.07 Å². The van der Waals surface area contributed by atoms with E-state index in [2.05, 4.69) is 31.2 Å². The summed E-state index contributed by atoms with van der Waals surface area (Å²) in [6.07, 6.45) is 5.38. The van der Waals surface area contributed by atoms with E-state index in [4.69, 9.17) is 9.26 Å². The van der Waals surface area contributed by atoms with Gasteiger partial charge in [0.2, 0.25) is 0 Å². The molecular formula is C15H26N2O2. The number of ether oxygens (including phenoxy) is 1. The number of rotatable bonds is 6. The van der Waals surface area contributed by atoms with Gasteiger partial charge in [0.15, 0.2) is 5.76 Å². The van der Waals surface area contributed by atoms with E-state index in [-0.39, 0.29) is 0 Å². The molecule has 1 heterocycles. The monoisotopic (exact) mass is 266 g/mol. The van der Waals surface area contributed by atoms with Crippen LogP contribution in [0, 0.1) is 5.92 Å². The van der Waals surface area contributed by atoms with E-state index >= 15 is 0 Å². The van der Waals surface area contributed by atoms with Crippen LogP contribution in [0.4, 0.5) is 0 Å². The Morgan fingerprint density at radius 1 is 1.47 bits per heavy atom. The molecule has 0 aliphatic heterocycles. The average molecular weight is 266 g/mol. The lowest BCUT2D eigenvalue weighted by Gasteiger charge is -2.26. The Kier molecular flexibility index (Phi) is 5.40. The Balaban J connectivity index is 1.73. The normalized spacial score (nSPS) is 24.0. The maximum absolute atomic E-state index is 5.92. The minimum absolute atomic E-state index is 0.395. The molecule has 1 aromatic rings. The van der Waals surface area contributed by atoms with Gasteiger partial charge in [0, 0.05) is 18.7 Å². The third kappa shape index (κ3) is 4.96. The first-order valence-electron chi connectivity index (χ1n) is 7.43. The molecule has 0 saturated heterocycles. The summed E-state index contributed by atoms with van der Waals surface area (Å²) in [5, 5.41) is 7.37. The van der Waals surface area contributed by atoms with Gasteiger partial charge in [-0.25, -0.2) is 0 Å². The van der Waals surface area contributed by atoms with Gasteiger partial charge in [-0.3, -0.25) is 0 Å². The molecule has 0 radical (unpaired) electrons. The van der Waals surface area contributed by atoms with E-state index in [0.29, 0.717) is 18.8 Å². The van der Waals surface area contributed by atoms with Crippen molar-refractivity contribution in [3.8, 4) is 0 Å². The van der Waals surface area contributed by atoms with E-state index in [1.165, 1.54) is 25.7 Å². The molecule has 1 fully saturated rings. The Bertz CT molecular complexity index is 376. The van der Waals surface area contributed by atoms with Gasteiger partial charge in [0.25, 0.3) is 0 Å². The second-order valence-corrected chi connectivity index (χ2v) is 6.02. The van der Waals surface area contributed by atoms with E-state index in [1.54, 1.807) is 0 Å². The van der Waals surface area contributed by atoms with Gasteiger partial charge < -0.3 is 14.6 Å². The van der Waals surface area contributed by atoms with E-state index in [9.17, 15) is 0 Å². The largest absolute Gasteiger partial charge is 0.370 e. The molecule has 1 saturated carbocycles. The molecule has 4 nitrogen and oxygen atoms in total. The zero-order valence-electron chi connectivity index (χ0n) is 12.3. The maximum Gasteiger partial charge on any atom is 0.162 e. The fraction of sp³-hybridized carbons (Fsp3) is 0.800. The minimum atomic E-state index is 0.395. The molecule has 4 heteroatoms. The lowest BCUT2D eigenvalue weighted by molar-refractivity contribution is -0.00448. The molecular weight excluding hydrogens is 240 g/mol. The molecule has 0 amide bonds. The topological polar surface area (TPSA) is 47.3 Å². The average Bonchev–Trinajstić information content (AvgIpc) is 2.82. The minimum Gasteiger partial charge on any atom is -0.370 e. The van der Waals surface area contributed by atoms with Crippen LogP contribution in [0.25, 0.3) is 0 Å². The smallest absolute Gasteiger partial charge is 0.162 e. The first kappa shape index (κ1) is 14.5. The van der Waals surface area contributed by atoms with Gasteiger partial charge in [-0.2, -0.15) is 0 Å². The van der Waals surface area contributed by atoms with Gasteiger partial charge in [-0.15, -0.1) is 0 Å². The highest BCUT2D eigenvalue weighted by atomic mass is 16.5. The number of nitrogens with one attached hydrogen (secondary N) is 1. The van der Waals surface area contributed by atoms with Crippen molar-refractivity contribution in [1.82, 2.24) is 10.5 Å². The lowest BCUT2D eigenvalue weighted by Crippen LogP contribution is -2.22. The van der Waals surface area contributed by atoms with Crippen molar-refractivity contribution in [2.45, 2.75) is 71.8 Å². The highest BCUT2D eigenvalue weighted by Crippen LogP contribution is 2.26. The van der Waals surface area contributed by atoms with Gasteiger partial charge in [0.05, 0.1) is 11.8 Å².